The molecule has 0 spiro atoms. The molecule has 1 aliphatic carbocycles. The summed E-state index contributed by atoms with van der Waals surface area (Å²) in [7, 11) is 1.61. The number of hydrogen-bond acceptors (Lipinski definition) is 3. The molecule has 1 amide bonds. The number of nitrogens with zero attached hydrogens (tertiary/aromatic N) is 1. The molecule has 4 nitrogen and oxygen atoms in total. The number of rotatable bonds is 7. The van der Waals surface area contributed by atoms with E-state index in [4.69, 9.17) is 9.47 Å². The van der Waals surface area contributed by atoms with Crippen LogP contribution in [0.1, 0.15) is 46.6 Å². The van der Waals surface area contributed by atoms with Crippen LogP contribution in [0.3, 0.4) is 0 Å². The van der Waals surface area contributed by atoms with E-state index >= 15 is 0 Å². The maximum Gasteiger partial charge on any atom is 0.416 e. The molecule has 208 valence electrons. The number of benzene rings is 3. The first kappa shape index (κ1) is 28.5. The molecule has 0 saturated heterocycles. The quantitative estimate of drug-likeness (QED) is 0.281. The molecule has 1 fully saturated rings. The van der Waals surface area contributed by atoms with Gasteiger partial charge in [0.05, 0.1) is 23.8 Å². The fraction of sp³-hybridized carbons (Fsp3) is 0.345. The maximum absolute atomic E-state index is 13.3. The van der Waals surface area contributed by atoms with Gasteiger partial charge in [0.15, 0.2) is 0 Å². The van der Waals surface area contributed by atoms with Gasteiger partial charge in [0, 0.05) is 19.0 Å². The Hall–Kier alpha value is -3.53. The maximum atomic E-state index is 13.3. The Bertz CT molecular complexity index is 1220. The molecule has 3 aromatic rings. The molecule has 3 atom stereocenters. The number of amides is 1. The third-order valence-electron chi connectivity index (χ3n) is 6.85. The van der Waals surface area contributed by atoms with Crippen molar-refractivity contribution in [2.24, 2.45) is 0 Å². The number of hydrogen-bond donors (Lipinski definition) is 0. The van der Waals surface area contributed by atoms with Crippen LogP contribution in [0, 0.1) is 0 Å². The number of carbonyl (C=O) groups excluding carboxylic acids is 1. The van der Waals surface area contributed by atoms with E-state index in [0.717, 1.165) is 11.1 Å². The molecule has 3 aromatic carbocycles. The van der Waals surface area contributed by atoms with Crippen LogP contribution in [0.5, 0.6) is 0 Å². The summed E-state index contributed by atoms with van der Waals surface area (Å²) in [4.78, 5) is 14.4. The average Bonchev–Trinajstić information content (AvgIpc) is 3.34. The van der Waals surface area contributed by atoms with Gasteiger partial charge in [-0.25, -0.2) is 4.79 Å². The highest BCUT2D eigenvalue weighted by atomic mass is 19.4. The van der Waals surface area contributed by atoms with Crippen LogP contribution >= 0.6 is 0 Å². The Morgan fingerprint density at radius 1 is 0.795 bits per heavy atom. The van der Waals surface area contributed by atoms with Gasteiger partial charge in [-0.3, -0.25) is 0 Å². The number of alkyl halides is 6. The minimum absolute atomic E-state index is 0.0871. The fourth-order valence-corrected chi connectivity index (χ4v) is 4.94. The highest BCUT2D eigenvalue weighted by Crippen LogP contribution is 2.41. The Balaban J connectivity index is 1.52. The van der Waals surface area contributed by atoms with E-state index < -0.39 is 42.3 Å². The van der Waals surface area contributed by atoms with Crippen LogP contribution < -0.4 is 0 Å². The molecule has 0 heterocycles. The zero-order valence-electron chi connectivity index (χ0n) is 21.0. The Labute approximate surface area is 222 Å². The monoisotopic (exact) mass is 551 g/mol. The van der Waals surface area contributed by atoms with Crippen molar-refractivity contribution in [3.8, 4) is 0 Å². The first-order valence-electron chi connectivity index (χ1n) is 12.3. The molecule has 0 N–H and O–H groups in total. The average molecular weight is 552 g/mol. The molecule has 39 heavy (non-hydrogen) atoms. The second kappa shape index (κ2) is 11.7. The van der Waals surface area contributed by atoms with Gasteiger partial charge in [-0.15, -0.1) is 0 Å². The predicted molar refractivity (Wildman–Crippen MR) is 132 cm³/mol. The molecule has 0 aromatic heterocycles. The lowest BCUT2D eigenvalue weighted by atomic mass is 9.91. The van der Waals surface area contributed by atoms with Crippen LogP contribution in [0.25, 0.3) is 0 Å². The van der Waals surface area contributed by atoms with E-state index in [1.54, 1.807) is 7.05 Å². The van der Waals surface area contributed by atoms with Gasteiger partial charge in [-0.2, -0.15) is 26.3 Å². The molecular formula is C29H27F6NO3. The van der Waals surface area contributed by atoms with Gasteiger partial charge in [-0.1, -0.05) is 60.7 Å². The van der Waals surface area contributed by atoms with E-state index in [0.29, 0.717) is 25.0 Å². The lowest BCUT2D eigenvalue weighted by molar-refractivity contribution is -0.143. The first-order chi connectivity index (χ1) is 18.4. The minimum atomic E-state index is -4.94. The topological polar surface area (TPSA) is 38.8 Å². The molecule has 4 rings (SSSR count). The minimum Gasteiger partial charge on any atom is -0.445 e. The highest BCUT2D eigenvalue weighted by molar-refractivity contribution is 5.68. The normalized spacial score (nSPS) is 19.6. The molecule has 3 unspecified atom stereocenters. The standard InChI is InChI=1S/C29H27F6NO3/c1-36(27(37)39-17-19-8-4-2-5-9-19)24-12-13-25(26(24)21-10-6-3-7-11-21)38-18-20-14-22(28(30,31)32)16-23(15-20)29(33,34)35/h2-11,14-16,24-26H,12-13,17-18H2,1H3. The number of ether oxygens (including phenoxy) is 2. The third-order valence-corrected chi connectivity index (χ3v) is 6.85. The number of likely N-dealkylation sites (N-methyl/N-ethyl adjacent to an activating group) is 1. The zero-order chi connectivity index (χ0) is 28.2. The summed E-state index contributed by atoms with van der Waals surface area (Å²) in [5.74, 6) is -0.367. The van der Waals surface area contributed by atoms with Crippen LogP contribution in [0.2, 0.25) is 0 Å². The van der Waals surface area contributed by atoms with Gasteiger partial charge >= 0.3 is 18.4 Å². The molecule has 0 aliphatic heterocycles. The molecule has 0 radical (unpaired) electrons. The van der Waals surface area contributed by atoms with Gasteiger partial charge in [0.1, 0.15) is 6.61 Å². The van der Waals surface area contributed by atoms with Gasteiger partial charge in [-0.05, 0) is 47.7 Å². The zero-order valence-corrected chi connectivity index (χ0v) is 21.0. The summed E-state index contributed by atoms with van der Waals surface area (Å²) in [6.45, 7) is -0.361. The summed E-state index contributed by atoms with van der Waals surface area (Å²) in [6, 6.07) is 19.4. The van der Waals surface area contributed by atoms with Crippen LogP contribution in [0.4, 0.5) is 31.1 Å². The van der Waals surface area contributed by atoms with E-state index in [1.807, 2.05) is 60.7 Å². The Morgan fingerprint density at radius 3 is 1.92 bits per heavy atom. The van der Waals surface area contributed by atoms with Crippen molar-refractivity contribution in [3.05, 3.63) is 107 Å². The highest BCUT2D eigenvalue weighted by Gasteiger charge is 2.42. The van der Waals surface area contributed by atoms with Crippen molar-refractivity contribution in [2.75, 3.05) is 7.05 Å². The van der Waals surface area contributed by atoms with Crippen LogP contribution in [0.15, 0.2) is 78.9 Å². The third kappa shape index (κ3) is 7.11. The second-order valence-electron chi connectivity index (χ2n) is 9.50. The van der Waals surface area contributed by atoms with E-state index in [9.17, 15) is 31.1 Å². The lowest BCUT2D eigenvalue weighted by Crippen LogP contribution is -2.40. The van der Waals surface area contributed by atoms with Crippen molar-refractivity contribution in [2.45, 2.75) is 56.5 Å². The molecule has 10 heteroatoms. The summed E-state index contributed by atoms with van der Waals surface area (Å²) >= 11 is 0. The number of halogens is 6. The van der Waals surface area contributed by atoms with E-state index in [1.165, 1.54) is 4.90 Å². The fourth-order valence-electron chi connectivity index (χ4n) is 4.94. The molecule has 1 saturated carbocycles. The number of carbonyl (C=O) groups is 1. The van der Waals surface area contributed by atoms with Crippen molar-refractivity contribution < 1.29 is 40.6 Å². The Kier molecular flexibility index (Phi) is 8.54. The molecule has 0 bridgehead atoms. The van der Waals surface area contributed by atoms with Gasteiger partial charge in [0.2, 0.25) is 0 Å². The summed E-state index contributed by atoms with van der Waals surface area (Å²) in [5.41, 5.74) is -1.34. The van der Waals surface area contributed by atoms with E-state index in [-0.39, 0.29) is 30.2 Å². The van der Waals surface area contributed by atoms with Crippen molar-refractivity contribution >= 4 is 6.09 Å². The van der Waals surface area contributed by atoms with Crippen molar-refractivity contribution in [1.82, 2.24) is 4.90 Å². The smallest absolute Gasteiger partial charge is 0.416 e. The largest absolute Gasteiger partial charge is 0.445 e. The van der Waals surface area contributed by atoms with Crippen LogP contribution in [-0.2, 0) is 35.0 Å². The molecule has 1 aliphatic rings. The van der Waals surface area contributed by atoms with Crippen molar-refractivity contribution in [3.63, 3.8) is 0 Å². The van der Waals surface area contributed by atoms with Crippen molar-refractivity contribution in [1.29, 1.82) is 0 Å². The predicted octanol–water partition coefficient (Wildman–Crippen LogP) is 7.82. The van der Waals surface area contributed by atoms with Gasteiger partial charge in [0.25, 0.3) is 0 Å². The van der Waals surface area contributed by atoms with E-state index in [2.05, 4.69) is 0 Å². The second-order valence-corrected chi connectivity index (χ2v) is 9.50. The lowest BCUT2D eigenvalue weighted by Gasteiger charge is -2.32. The summed E-state index contributed by atoms with van der Waals surface area (Å²) < 4.78 is 91.2. The molecular weight excluding hydrogens is 524 g/mol. The summed E-state index contributed by atoms with van der Waals surface area (Å²) in [5, 5.41) is 0. The van der Waals surface area contributed by atoms with Crippen LogP contribution in [-0.4, -0.2) is 30.2 Å². The summed E-state index contributed by atoms with van der Waals surface area (Å²) in [6.07, 6.45) is -10.0. The SMILES string of the molecule is CN(C(=O)OCc1ccccc1)C1CCC(OCc2cc(C(F)(F)F)cc(C(F)(F)F)c2)C1c1ccccc1. The first-order valence-corrected chi connectivity index (χ1v) is 12.3. The van der Waals surface area contributed by atoms with Gasteiger partial charge < -0.3 is 14.4 Å². The Morgan fingerprint density at radius 2 is 1.36 bits per heavy atom.